The minimum atomic E-state index is -0.583. The third kappa shape index (κ3) is 3.07. The van der Waals surface area contributed by atoms with E-state index in [0.29, 0.717) is 5.71 Å². The Morgan fingerprint density at radius 2 is 1.96 bits per heavy atom. The number of benzene rings is 1. The fourth-order valence-electron chi connectivity index (χ4n) is 2.44. The number of amides is 5. The molecule has 1 aromatic rings. The van der Waals surface area contributed by atoms with E-state index in [1.807, 2.05) is 30.3 Å². The lowest BCUT2D eigenvalue weighted by Crippen LogP contribution is -2.47. The molecule has 120 valence electrons. The maximum atomic E-state index is 12.0. The van der Waals surface area contributed by atoms with Crippen LogP contribution < -0.4 is 21.4 Å². The molecule has 4 N–H and O–H groups in total. The van der Waals surface area contributed by atoms with E-state index in [-0.39, 0.29) is 12.6 Å². The molecule has 9 nitrogen and oxygen atoms in total. The zero-order valence-electron chi connectivity index (χ0n) is 12.4. The molecule has 0 saturated carbocycles. The number of hydrazone groups is 1. The second-order valence-electron chi connectivity index (χ2n) is 5.22. The smallest absolute Gasteiger partial charge is 0.314 e. The van der Waals surface area contributed by atoms with Crippen LogP contribution in [0.4, 0.5) is 9.59 Å². The highest BCUT2D eigenvalue weighted by atomic mass is 16.2. The summed E-state index contributed by atoms with van der Waals surface area (Å²) in [5.74, 6) is -0.447. The molecule has 5 amide bonds. The van der Waals surface area contributed by atoms with Crippen LogP contribution in [0.15, 0.2) is 35.4 Å². The van der Waals surface area contributed by atoms with Crippen molar-refractivity contribution in [3.05, 3.63) is 35.9 Å². The van der Waals surface area contributed by atoms with Gasteiger partial charge in [-0.2, -0.15) is 5.10 Å². The summed E-state index contributed by atoms with van der Waals surface area (Å²) in [5, 5.41) is 11.7. The Labute approximate surface area is 132 Å². The maximum absolute atomic E-state index is 12.0. The Kier molecular flexibility index (Phi) is 3.83. The van der Waals surface area contributed by atoms with Crippen LogP contribution in [0.1, 0.15) is 12.5 Å². The van der Waals surface area contributed by atoms with Crippen molar-refractivity contribution in [3.63, 3.8) is 0 Å². The summed E-state index contributed by atoms with van der Waals surface area (Å²) in [4.78, 5) is 36.3. The number of carbonyl (C=O) groups is 3. The SMILES string of the molecule is CC(=NNC(=O)CN1C(=O)NC2NC(=O)NC21)c1ccccc1. The summed E-state index contributed by atoms with van der Waals surface area (Å²) >= 11 is 0. The number of hydrogen-bond acceptors (Lipinski definition) is 4. The molecule has 23 heavy (non-hydrogen) atoms. The van der Waals surface area contributed by atoms with E-state index in [0.717, 1.165) is 5.56 Å². The zero-order valence-corrected chi connectivity index (χ0v) is 12.4. The first-order valence-electron chi connectivity index (χ1n) is 7.07. The van der Waals surface area contributed by atoms with Gasteiger partial charge in [-0.3, -0.25) is 9.69 Å². The Bertz CT molecular complexity index is 674. The molecule has 3 rings (SSSR count). The number of hydrogen-bond donors (Lipinski definition) is 4. The molecule has 2 unspecified atom stereocenters. The van der Waals surface area contributed by atoms with Crippen LogP contribution in [0.2, 0.25) is 0 Å². The van der Waals surface area contributed by atoms with Gasteiger partial charge in [0.2, 0.25) is 0 Å². The molecule has 2 heterocycles. The van der Waals surface area contributed by atoms with Crippen molar-refractivity contribution >= 4 is 23.7 Å². The number of fused-ring (bicyclic) bond motifs is 1. The average Bonchev–Trinajstić information content (AvgIpc) is 3.03. The lowest BCUT2D eigenvalue weighted by Gasteiger charge is -2.19. The van der Waals surface area contributed by atoms with Crippen molar-refractivity contribution in [3.8, 4) is 0 Å². The number of carbonyl (C=O) groups excluding carboxylic acids is 3. The molecule has 2 atom stereocenters. The summed E-state index contributed by atoms with van der Waals surface area (Å²) in [7, 11) is 0. The van der Waals surface area contributed by atoms with Gasteiger partial charge in [-0.05, 0) is 12.5 Å². The second kappa shape index (κ2) is 5.95. The van der Waals surface area contributed by atoms with Gasteiger partial charge in [0.25, 0.3) is 5.91 Å². The highest BCUT2D eigenvalue weighted by Crippen LogP contribution is 2.13. The second-order valence-corrected chi connectivity index (χ2v) is 5.22. The van der Waals surface area contributed by atoms with Crippen molar-refractivity contribution in [2.75, 3.05) is 6.54 Å². The lowest BCUT2D eigenvalue weighted by molar-refractivity contribution is -0.121. The van der Waals surface area contributed by atoms with E-state index in [9.17, 15) is 14.4 Å². The first kappa shape index (κ1) is 14.8. The summed E-state index contributed by atoms with van der Waals surface area (Å²) < 4.78 is 0. The molecule has 2 fully saturated rings. The van der Waals surface area contributed by atoms with Gasteiger partial charge >= 0.3 is 12.1 Å². The Morgan fingerprint density at radius 1 is 1.22 bits per heavy atom. The van der Waals surface area contributed by atoms with E-state index in [1.165, 1.54) is 4.90 Å². The summed E-state index contributed by atoms with van der Waals surface area (Å²) in [5.41, 5.74) is 3.95. The van der Waals surface area contributed by atoms with Gasteiger partial charge in [0.1, 0.15) is 18.9 Å². The summed E-state index contributed by atoms with van der Waals surface area (Å²) in [6.07, 6.45) is -1.11. The minimum absolute atomic E-state index is 0.208. The van der Waals surface area contributed by atoms with Crippen molar-refractivity contribution in [2.45, 2.75) is 19.3 Å². The molecule has 0 bridgehead atoms. The van der Waals surface area contributed by atoms with Gasteiger partial charge < -0.3 is 16.0 Å². The third-order valence-electron chi connectivity index (χ3n) is 3.61. The van der Waals surface area contributed by atoms with Crippen LogP contribution in [-0.4, -0.2) is 47.5 Å². The molecule has 0 aromatic heterocycles. The molecule has 9 heteroatoms. The van der Waals surface area contributed by atoms with E-state index >= 15 is 0 Å². The molecule has 0 radical (unpaired) electrons. The Morgan fingerprint density at radius 3 is 2.70 bits per heavy atom. The number of rotatable bonds is 4. The van der Waals surface area contributed by atoms with Crippen LogP contribution >= 0.6 is 0 Å². The molecule has 0 aliphatic carbocycles. The summed E-state index contributed by atoms with van der Waals surface area (Å²) in [6.45, 7) is 1.57. The minimum Gasteiger partial charge on any atom is -0.314 e. The first-order valence-corrected chi connectivity index (χ1v) is 7.07. The predicted molar refractivity (Wildman–Crippen MR) is 81.3 cm³/mol. The highest BCUT2D eigenvalue weighted by Gasteiger charge is 2.45. The fraction of sp³-hybridized carbons (Fsp3) is 0.286. The number of nitrogens with zero attached hydrogens (tertiary/aromatic N) is 2. The number of nitrogens with one attached hydrogen (secondary N) is 4. The largest absolute Gasteiger partial charge is 0.321 e. The average molecular weight is 316 g/mol. The van der Waals surface area contributed by atoms with Gasteiger partial charge in [-0.25, -0.2) is 15.0 Å². The van der Waals surface area contributed by atoms with Gasteiger partial charge in [-0.1, -0.05) is 30.3 Å². The van der Waals surface area contributed by atoms with Crippen molar-refractivity contribution in [1.29, 1.82) is 0 Å². The van der Waals surface area contributed by atoms with Crippen molar-refractivity contribution in [1.82, 2.24) is 26.3 Å². The van der Waals surface area contributed by atoms with E-state index in [4.69, 9.17) is 0 Å². The molecule has 1 aromatic carbocycles. The van der Waals surface area contributed by atoms with Gasteiger partial charge in [-0.15, -0.1) is 0 Å². The normalized spacial score (nSPS) is 23.0. The van der Waals surface area contributed by atoms with E-state index in [2.05, 4.69) is 26.5 Å². The van der Waals surface area contributed by atoms with Crippen molar-refractivity contribution in [2.24, 2.45) is 5.10 Å². The maximum Gasteiger partial charge on any atom is 0.321 e. The number of urea groups is 2. The van der Waals surface area contributed by atoms with Crippen molar-refractivity contribution < 1.29 is 14.4 Å². The highest BCUT2D eigenvalue weighted by molar-refractivity contribution is 5.99. The first-order chi connectivity index (χ1) is 11.0. The van der Waals surface area contributed by atoms with Crippen LogP contribution in [0.25, 0.3) is 0 Å². The predicted octanol–water partition coefficient (Wildman–Crippen LogP) is -0.483. The monoisotopic (exact) mass is 316 g/mol. The Hall–Kier alpha value is -3.10. The lowest BCUT2D eigenvalue weighted by atomic mass is 10.1. The van der Waals surface area contributed by atoms with Gasteiger partial charge in [0.15, 0.2) is 0 Å². The molecule has 2 aliphatic rings. The van der Waals surface area contributed by atoms with Crippen LogP contribution in [0, 0.1) is 0 Å². The summed E-state index contributed by atoms with van der Waals surface area (Å²) in [6, 6.07) is 8.59. The molecular formula is C14H16N6O3. The molecule has 2 aliphatic heterocycles. The van der Waals surface area contributed by atoms with Gasteiger partial charge in [0.05, 0.1) is 5.71 Å². The van der Waals surface area contributed by atoms with E-state index < -0.39 is 24.3 Å². The molecular weight excluding hydrogens is 300 g/mol. The fourth-order valence-corrected chi connectivity index (χ4v) is 2.44. The molecule has 2 saturated heterocycles. The van der Waals surface area contributed by atoms with Crippen LogP contribution in [-0.2, 0) is 4.79 Å². The topological polar surface area (TPSA) is 115 Å². The van der Waals surface area contributed by atoms with Gasteiger partial charge in [0, 0.05) is 0 Å². The molecule has 0 spiro atoms. The van der Waals surface area contributed by atoms with Crippen LogP contribution in [0.5, 0.6) is 0 Å². The third-order valence-corrected chi connectivity index (χ3v) is 3.61. The quantitative estimate of drug-likeness (QED) is 0.444. The zero-order chi connectivity index (χ0) is 16.4. The van der Waals surface area contributed by atoms with Crippen LogP contribution in [0.3, 0.4) is 0 Å². The van der Waals surface area contributed by atoms with E-state index in [1.54, 1.807) is 6.92 Å². The standard InChI is InChI=1S/C14H16N6O3/c1-8(9-5-3-2-4-6-9)18-19-10(21)7-20-12-11(16-14(20)23)15-13(22)17-12/h2-6,11-12H,7H2,1H3,(H,16,23)(H,19,21)(H2,15,17,22). The Balaban J connectivity index is 1.59.